The van der Waals surface area contributed by atoms with Crippen molar-refractivity contribution < 1.29 is 4.74 Å². The van der Waals surface area contributed by atoms with Crippen LogP contribution < -0.4 is 5.32 Å². The highest BCUT2D eigenvalue weighted by atomic mass is 79.9. The van der Waals surface area contributed by atoms with E-state index in [9.17, 15) is 0 Å². The zero-order valence-corrected chi connectivity index (χ0v) is 12.0. The van der Waals surface area contributed by atoms with Crippen LogP contribution in [0.1, 0.15) is 25.8 Å². The fourth-order valence-corrected chi connectivity index (χ4v) is 1.85. The molecule has 1 aromatic rings. The summed E-state index contributed by atoms with van der Waals surface area (Å²) in [5.41, 5.74) is 1.53. The number of ether oxygens (including phenoxy) is 1. The summed E-state index contributed by atoms with van der Waals surface area (Å²) >= 11 is 3.44. The Morgan fingerprint density at radius 1 is 1.47 bits per heavy atom. The normalized spacial score (nSPS) is 11.0. The molecule has 92 valence electrons. The lowest BCUT2D eigenvalue weighted by Gasteiger charge is -2.23. The largest absolute Gasteiger partial charge is 0.384 e. The van der Waals surface area contributed by atoms with E-state index in [4.69, 9.17) is 10.00 Å². The Labute approximate surface area is 111 Å². The summed E-state index contributed by atoms with van der Waals surface area (Å²) in [7, 11) is 1.72. The predicted molar refractivity (Wildman–Crippen MR) is 73.1 cm³/mol. The molecule has 0 aliphatic rings. The molecule has 3 nitrogen and oxygen atoms in total. The van der Waals surface area contributed by atoms with Crippen LogP contribution in [0, 0.1) is 11.3 Å². The molecule has 0 radical (unpaired) electrons. The van der Waals surface area contributed by atoms with E-state index in [0.29, 0.717) is 5.56 Å². The molecule has 0 aliphatic heterocycles. The van der Waals surface area contributed by atoms with Crippen LogP contribution in [0.5, 0.6) is 0 Å². The third-order valence-corrected chi connectivity index (χ3v) is 3.35. The molecule has 0 bridgehead atoms. The highest BCUT2D eigenvalue weighted by molar-refractivity contribution is 9.10. The SMILES string of the molecule is COC(C)(C)CCNc1ccc(C#N)cc1Br. The van der Waals surface area contributed by atoms with Crippen molar-refractivity contribution in [3.05, 3.63) is 28.2 Å². The number of anilines is 1. The second kappa shape index (κ2) is 6.04. The Morgan fingerprint density at radius 2 is 2.18 bits per heavy atom. The van der Waals surface area contributed by atoms with E-state index in [1.54, 1.807) is 13.2 Å². The van der Waals surface area contributed by atoms with Crippen molar-refractivity contribution in [3.63, 3.8) is 0 Å². The maximum atomic E-state index is 8.76. The fraction of sp³-hybridized carbons (Fsp3) is 0.462. The van der Waals surface area contributed by atoms with Gasteiger partial charge >= 0.3 is 0 Å². The van der Waals surface area contributed by atoms with Crippen LogP contribution in [0.25, 0.3) is 0 Å². The topological polar surface area (TPSA) is 45.0 Å². The van der Waals surface area contributed by atoms with Gasteiger partial charge in [0, 0.05) is 23.8 Å². The maximum Gasteiger partial charge on any atom is 0.0992 e. The Hall–Kier alpha value is -1.05. The van der Waals surface area contributed by atoms with E-state index in [-0.39, 0.29) is 5.60 Å². The van der Waals surface area contributed by atoms with Gasteiger partial charge in [-0.15, -0.1) is 0 Å². The number of benzene rings is 1. The third kappa shape index (κ3) is 4.37. The second-order valence-electron chi connectivity index (χ2n) is 4.45. The summed E-state index contributed by atoms with van der Waals surface area (Å²) in [6.07, 6.45) is 0.913. The molecule has 0 spiro atoms. The molecule has 0 saturated heterocycles. The first-order valence-corrected chi connectivity index (χ1v) is 6.26. The molecule has 0 amide bonds. The lowest BCUT2D eigenvalue weighted by Crippen LogP contribution is -2.25. The molecule has 1 N–H and O–H groups in total. The lowest BCUT2D eigenvalue weighted by atomic mass is 10.1. The van der Waals surface area contributed by atoms with Crippen LogP contribution in [-0.4, -0.2) is 19.3 Å². The van der Waals surface area contributed by atoms with Gasteiger partial charge in [0.2, 0.25) is 0 Å². The number of methoxy groups -OCH3 is 1. The quantitative estimate of drug-likeness (QED) is 0.904. The van der Waals surface area contributed by atoms with Gasteiger partial charge in [-0.1, -0.05) is 0 Å². The van der Waals surface area contributed by atoms with Crippen molar-refractivity contribution in [3.8, 4) is 6.07 Å². The lowest BCUT2D eigenvalue weighted by molar-refractivity contribution is 0.0185. The average Bonchev–Trinajstić information content (AvgIpc) is 2.31. The summed E-state index contributed by atoms with van der Waals surface area (Å²) < 4.78 is 6.26. The van der Waals surface area contributed by atoms with Crippen LogP contribution in [0.4, 0.5) is 5.69 Å². The Bertz CT molecular complexity index is 424. The summed E-state index contributed by atoms with van der Waals surface area (Å²) in [5.74, 6) is 0. The van der Waals surface area contributed by atoms with Gasteiger partial charge in [0.1, 0.15) is 0 Å². The standard InChI is InChI=1S/C13H17BrN2O/c1-13(2,17-3)6-7-16-12-5-4-10(9-15)8-11(12)14/h4-5,8,16H,6-7H2,1-3H3. The first-order chi connectivity index (χ1) is 7.98. The predicted octanol–water partition coefficient (Wildman–Crippen LogP) is 3.55. The number of nitrogens with one attached hydrogen (secondary N) is 1. The number of hydrogen-bond donors (Lipinski definition) is 1. The van der Waals surface area contributed by atoms with E-state index in [2.05, 4.69) is 41.2 Å². The molecule has 0 aliphatic carbocycles. The summed E-state index contributed by atoms with van der Waals surface area (Å²) in [6.45, 7) is 4.94. The number of rotatable bonds is 5. The summed E-state index contributed by atoms with van der Waals surface area (Å²) in [6, 6.07) is 7.62. The van der Waals surface area contributed by atoms with Gasteiger partial charge < -0.3 is 10.1 Å². The minimum Gasteiger partial charge on any atom is -0.384 e. The van der Waals surface area contributed by atoms with Gasteiger partial charge in [0.25, 0.3) is 0 Å². The van der Waals surface area contributed by atoms with E-state index in [1.165, 1.54) is 0 Å². The minimum atomic E-state index is -0.119. The Kier molecular flexibility index (Phi) is 4.98. The van der Waals surface area contributed by atoms with Gasteiger partial charge in [-0.2, -0.15) is 5.26 Å². The van der Waals surface area contributed by atoms with Crippen LogP contribution in [-0.2, 0) is 4.74 Å². The van der Waals surface area contributed by atoms with Gasteiger partial charge in [-0.3, -0.25) is 0 Å². The van der Waals surface area contributed by atoms with Gasteiger partial charge in [0.05, 0.1) is 17.2 Å². The zero-order valence-electron chi connectivity index (χ0n) is 10.4. The first-order valence-electron chi connectivity index (χ1n) is 5.47. The molecule has 0 saturated carbocycles. The average molecular weight is 297 g/mol. The van der Waals surface area contributed by atoms with Crippen LogP contribution >= 0.6 is 15.9 Å². The molecule has 17 heavy (non-hydrogen) atoms. The van der Waals surface area contributed by atoms with Crippen LogP contribution in [0.2, 0.25) is 0 Å². The smallest absolute Gasteiger partial charge is 0.0992 e. The van der Waals surface area contributed by atoms with Crippen molar-refractivity contribution in [2.24, 2.45) is 0 Å². The molecule has 0 aromatic heterocycles. The molecule has 0 unspecified atom stereocenters. The van der Waals surface area contributed by atoms with E-state index < -0.39 is 0 Å². The van der Waals surface area contributed by atoms with Crippen molar-refractivity contribution in [2.45, 2.75) is 25.9 Å². The van der Waals surface area contributed by atoms with Crippen molar-refractivity contribution >= 4 is 21.6 Å². The molecule has 1 aromatic carbocycles. The van der Waals surface area contributed by atoms with Crippen LogP contribution in [0.3, 0.4) is 0 Å². The van der Waals surface area contributed by atoms with Gasteiger partial charge in [-0.05, 0) is 54.4 Å². The van der Waals surface area contributed by atoms with E-state index >= 15 is 0 Å². The maximum absolute atomic E-state index is 8.76. The van der Waals surface area contributed by atoms with Crippen molar-refractivity contribution in [2.75, 3.05) is 19.0 Å². The minimum absolute atomic E-state index is 0.119. The number of nitriles is 1. The van der Waals surface area contributed by atoms with Gasteiger partial charge in [-0.25, -0.2) is 0 Å². The molecule has 0 fully saturated rings. The molecule has 0 atom stereocenters. The highest BCUT2D eigenvalue weighted by Crippen LogP contribution is 2.24. The molecular formula is C13H17BrN2O. The first kappa shape index (κ1) is 14.0. The number of hydrogen-bond acceptors (Lipinski definition) is 3. The zero-order chi connectivity index (χ0) is 12.9. The van der Waals surface area contributed by atoms with E-state index in [0.717, 1.165) is 23.1 Å². The molecule has 1 rings (SSSR count). The third-order valence-electron chi connectivity index (χ3n) is 2.69. The van der Waals surface area contributed by atoms with Crippen molar-refractivity contribution in [1.82, 2.24) is 0 Å². The summed E-state index contributed by atoms with van der Waals surface area (Å²) in [4.78, 5) is 0. The van der Waals surface area contributed by atoms with Gasteiger partial charge in [0.15, 0.2) is 0 Å². The second-order valence-corrected chi connectivity index (χ2v) is 5.30. The Balaban J connectivity index is 2.56. The molecular weight excluding hydrogens is 280 g/mol. The number of halogens is 1. The Morgan fingerprint density at radius 3 is 2.71 bits per heavy atom. The fourth-order valence-electron chi connectivity index (χ4n) is 1.33. The molecule has 4 heteroatoms. The van der Waals surface area contributed by atoms with E-state index in [1.807, 2.05) is 12.1 Å². The molecule has 0 heterocycles. The summed E-state index contributed by atoms with van der Waals surface area (Å²) in [5, 5.41) is 12.1. The number of nitrogens with zero attached hydrogens (tertiary/aromatic N) is 1. The van der Waals surface area contributed by atoms with Crippen LogP contribution in [0.15, 0.2) is 22.7 Å². The van der Waals surface area contributed by atoms with Crippen molar-refractivity contribution in [1.29, 1.82) is 5.26 Å². The highest BCUT2D eigenvalue weighted by Gasteiger charge is 2.15. The monoisotopic (exact) mass is 296 g/mol.